The molecule has 0 spiro atoms. The van der Waals surface area contributed by atoms with Gasteiger partial charge in [-0.3, -0.25) is 4.68 Å². The molecule has 16 heavy (non-hydrogen) atoms. The van der Waals surface area contributed by atoms with E-state index in [4.69, 9.17) is 11.6 Å². The van der Waals surface area contributed by atoms with Crippen LogP contribution in [-0.4, -0.2) is 23.4 Å². The van der Waals surface area contributed by atoms with Gasteiger partial charge in [0.1, 0.15) is 0 Å². The molecule has 2 aromatic heterocycles. The highest BCUT2D eigenvalue weighted by Gasteiger charge is 2.09. The van der Waals surface area contributed by atoms with E-state index < -0.39 is 0 Å². The number of rotatable bonds is 4. The third-order valence-electron chi connectivity index (χ3n) is 2.39. The van der Waals surface area contributed by atoms with Crippen LogP contribution in [0.25, 0.3) is 10.6 Å². The van der Waals surface area contributed by atoms with Gasteiger partial charge in [-0.25, -0.2) is 0 Å². The van der Waals surface area contributed by atoms with Crippen LogP contribution < -0.4 is 5.32 Å². The Morgan fingerprint density at radius 1 is 1.50 bits per heavy atom. The average molecular weight is 256 g/mol. The van der Waals surface area contributed by atoms with E-state index in [1.54, 1.807) is 11.3 Å². The summed E-state index contributed by atoms with van der Waals surface area (Å²) in [5, 5.41) is 7.60. The van der Waals surface area contributed by atoms with Crippen LogP contribution in [-0.2, 0) is 13.5 Å². The first-order chi connectivity index (χ1) is 7.70. The van der Waals surface area contributed by atoms with E-state index >= 15 is 0 Å². The van der Waals surface area contributed by atoms with Crippen LogP contribution in [0, 0.1) is 0 Å². The summed E-state index contributed by atoms with van der Waals surface area (Å²) < 4.78 is 2.72. The minimum absolute atomic E-state index is 0.813. The van der Waals surface area contributed by atoms with Crippen molar-refractivity contribution >= 4 is 22.9 Å². The van der Waals surface area contributed by atoms with Crippen LogP contribution in [0.3, 0.4) is 0 Å². The SMILES string of the molecule is CNCCc1cc(-c2ccc(Cl)s2)n(C)n1. The van der Waals surface area contributed by atoms with Crippen molar-refractivity contribution in [3.63, 3.8) is 0 Å². The van der Waals surface area contributed by atoms with E-state index in [0.717, 1.165) is 33.6 Å². The zero-order valence-corrected chi connectivity index (χ0v) is 10.9. The molecule has 0 aliphatic rings. The van der Waals surface area contributed by atoms with Gasteiger partial charge in [0.25, 0.3) is 0 Å². The molecule has 0 saturated heterocycles. The maximum atomic E-state index is 5.93. The summed E-state index contributed by atoms with van der Waals surface area (Å²) in [6, 6.07) is 6.08. The Morgan fingerprint density at radius 3 is 2.94 bits per heavy atom. The second-order valence-electron chi connectivity index (χ2n) is 3.60. The molecule has 0 radical (unpaired) electrons. The molecule has 0 fully saturated rings. The lowest BCUT2D eigenvalue weighted by Crippen LogP contribution is -2.10. The monoisotopic (exact) mass is 255 g/mol. The molecule has 0 atom stereocenters. The quantitative estimate of drug-likeness (QED) is 0.910. The molecular weight excluding hydrogens is 242 g/mol. The predicted octanol–water partition coefficient (Wildman–Crippen LogP) is 2.56. The molecule has 86 valence electrons. The van der Waals surface area contributed by atoms with Gasteiger partial charge in [0.2, 0.25) is 0 Å². The molecule has 0 saturated carbocycles. The van der Waals surface area contributed by atoms with Gasteiger partial charge >= 0.3 is 0 Å². The molecule has 1 N–H and O–H groups in total. The van der Waals surface area contributed by atoms with Gasteiger partial charge in [-0.05, 0) is 25.2 Å². The Morgan fingerprint density at radius 2 is 2.31 bits per heavy atom. The summed E-state index contributed by atoms with van der Waals surface area (Å²) in [5.74, 6) is 0. The molecule has 2 heterocycles. The number of likely N-dealkylation sites (N-methyl/N-ethyl adjacent to an activating group) is 1. The number of thiophene rings is 1. The van der Waals surface area contributed by atoms with E-state index in [9.17, 15) is 0 Å². The molecule has 0 bridgehead atoms. The molecule has 5 heteroatoms. The molecule has 0 amide bonds. The van der Waals surface area contributed by atoms with Gasteiger partial charge in [-0.2, -0.15) is 5.10 Å². The number of nitrogens with one attached hydrogen (secondary N) is 1. The van der Waals surface area contributed by atoms with Crippen molar-refractivity contribution < 1.29 is 0 Å². The maximum Gasteiger partial charge on any atom is 0.0935 e. The molecule has 0 aliphatic carbocycles. The smallest absolute Gasteiger partial charge is 0.0935 e. The highest BCUT2D eigenvalue weighted by Crippen LogP contribution is 2.30. The van der Waals surface area contributed by atoms with Crippen LogP contribution in [0.4, 0.5) is 0 Å². The standard InChI is InChI=1S/C11H14ClN3S/c1-13-6-5-8-7-9(15(2)14-8)10-3-4-11(12)16-10/h3-4,7,13H,5-6H2,1-2H3. The first-order valence-corrected chi connectivity index (χ1v) is 6.33. The molecule has 2 aromatic rings. The fourth-order valence-corrected chi connectivity index (χ4v) is 2.67. The second-order valence-corrected chi connectivity index (χ2v) is 5.32. The Hall–Kier alpha value is -0.840. The van der Waals surface area contributed by atoms with E-state index in [1.807, 2.05) is 30.9 Å². The van der Waals surface area contributed by atoms with Gasteiger partial charge in [0, 0.05) is 20.0 Å². The van der Waals surface area contributed by atoms with E-state index in [1.165, 1.54) is 0 Å². The molecular formula is C11H14ClN3S. The number of aromatic nitrogens is 2. The van der Waals surface area contributed by atoms with Crippen molar-refractivity contribution in [2.45, 2.75) is 6.42 Å². The Kier molecular flexibility index (Phi) is 3.63. The van der Waals surface area contributed by atoms with Gasteiger partial charge in [0.15, 0.2) is 0 Å². The summed E-state index contributed by atoms with van der Waals surface area (Å²) in [5.41, 5.74) is 2.24. The topological polar surface area (TPSA) is 29.9 Å². The van der Waals surface area contributed by atoms with Crippen molar-refractivity contribution in [2.24, 2.45) is 7.05 Å². The van der Waals surface area contributed by atoms with Crippen molar-refractivity contribution in [1.82, 2.24) is 15.1 Å². The van der Waals surface area contributed by atoms with Gasteiger partial charge in [-0.1, -0.05) is 11.6 Å². The van der Waals surface area contributed by atoms with E-state index in [-0.39, 0.29) is 0 Å². The van der Waals surface area contributed by atoms with Gasteiger partial charge in [0.05, 0.1) is 20.6 Å². The van der Waals surface area contributed by atoms with Crippen LogP contribution in [0.15, 0.2) is 18.2 Å². The molecule has 2 rings (SSSR count). The van der Waals surface area contributed by atoms with Crippen molar-refractivity contribution in [2.75, 3.05) is 13.6 Å². The minimum atomic E-state index is 0.813. The highest BCUT2D eigenvalue weighted by molar-refractivity contribution is 7.19. The summed E-state index contributed by atoms with van der Waals surface area (Å²) in [6.07, 6.45) is 0.948. The zero-order chi connectivity index (χ0) is 11.5. The minimum Gasteiger partial charge on any atom is -0.319 e. The lowest BCUT2D eigenvalue weighted by molar-refractivity contribution is 0.721. The third-order valence-corrected chi connectivity index (χ3v) is 3.64. The predicted molar refractivity (Wildman–Crippen MR) is 69.2 cm³/mol. The summed E-state index contributed by atoms with van der Waals surface area (Å²) in [7, 11) is 3.91. The summed E-state index contributed by atoms with van der Waals surface area (Å²) >= 11 is 7.51. The lowest BCUT2D eigenvalue weighted by Gasteiger charge is -1.95. The van der Waals surface area contributed by atoms with Crippen LogP contribution in [0.1, 0.15) is 5.69 Å². The first-order valence-electron chi connectivity index (χ1n) is 5.14. The normalized spacial score (nSPS) is 10.9. The highest BCUT2D eigenvalue weighted by atomic mass is 35.5. The molecule has 3 nitrogen and oxygen atoms in total. The van der Waals surface area contributed by atoms with E-state index in [2.05, 4.69) is 16.5 Å². The van der Waals surface area contributed by atoms with E-state index in [0.29, 0.717) is 0 Å². The van der Waals surface area contributed by atoms with Gasteiger partial charge < -0.3 is 5.32 Å². The molecule has 0 aliphatic heterocycles. The third kappa shape index (κ3) is 2.45. The second kappa shape index (κ2) is 4.99. The zero-order valence-electron chi connectivity index (χ0n) is 9.33. The van der Waals surface area contributed by atoms with Crippen LogP contribution in [0.5, 0.6) is 0 Å². The average Bonchev–Trinajstić information content (AvgIpc) is 2.82. The summed E-state index contributed by atoms with van der Waals surface area (Å²) in [4.78, 5) is 1.16. The number of aryl methyl sites for hydroxylation is 1. The first kappa shape index (κ1) is 11.6. The number of halogens is 1. The largest absolute Gasteiger partial charge is 0.319 e. The van der Waals surface area contributed by atoms with Crippen molar-refractivity contribution in [3.05, 3.63) is 28.2 Å². The lowest BCUT2D eigenvalue weighted by atomic mass is 10.2. The number of hydrogen-bond acceptors (Lipinski definition) is 3. The van der Waals surface area contributed by atoms with Crippen LogP contribution >= 0.6 is 22.9 Å². The fourth-order valence-electron chi connectivity index (χ4n) is 1.58. The number of hydrogen-bond donors (Lipinski definition) is 1. The Balaban J connectivity index is 2.24. The Bertz CT molecular complexity index is 475. The maximum absolute atomic E-state index is 5.93. The number of nitrogens with zero attached hydrogens (tertiary/aromatic N) is 2. The molecule has 0 unspecified atom stereocenters. The fraction of sp³-hybridized carbons (Fsp3) is 0.364. The molecule has 0 aromatic carbocycles. The van der Waals surface area contributed by atoms with Gasteiger partial charge in [-0.15, -0.1) is 11.3 Å². The van der Waals surface area contributed by atoms with Crippen molar-refractivity contribution in [3.8, 4) is 10.6 Å². The van der Waals surface area contributed by atoms with Crippen molar-refractivity contribution in [1.29, 1.82) is 0 Å². The summed E-state index contributed by atoms with van der Waals surface area (Å²) in [6.45, 7) is 0.946. The van der Waals surface area contributed by atoms with Crippen LogP contribution in [0.2, 0.25) is 4.34 Å². The Labute approximate surface area is 104 Å².